The van der Waals surface area contributed by atoms with E-state index < -0.39 is 0 Å². The van der Waals surface area contributed by atoms with Gasteiger partial charge in [0.15, 0.2) is 0 Å². The third-order valence-corrected chi connectivity index (χ3v) is 5.03. The highest BCUT2D eigenvalue weighted by Crippen LogP contribution is 2.27. The second-order valence-electron chi connectivity index (χ2n) is 6.47. The van der Waals surface area contributed by atoms with E-state index in [4.69, 9.17) is 23.2 Å². The third-order valence-electron chi connectivity index (χ3n) is 4.53. The maximum absolute atomic E-state index is 12.5. The van der Waals surface area contributed by atoms with Crippen LogP contribution in [0.1, 0.15) is 34.5 Å². The summed E-state index contributed by atoms with van der Waals surface area (Å²) in [7, 11) is 0. The first-order valence-corrected chi connectivity index (χ1v) is 9.50. The molecule has 0 saturated heterocycles. The van der Waals surface area contributed by atoms with Crippen LogP contribution in [0.3, 0.4) is 0 Å². The van der Waals surface area contributed by atoms with Gasteiger partial charge >= 0.3 is 0 Å². The van der Waals surface area contributed by atoms with Crippen LogP contribution >= 0.6 is 23.2 Å². The van der Waals surface area contributed by atoms with Gasteiger partial charge in [0.2, 0.25) is 0 Å². The van der Waals surface area contributed by atoms with Crippen LogP contribution in [-0.4, -0.2) is 16.9 Å². The summed E-state index contributed by atoms with van der Waals surface area (Å²) in [4.78, 5) is 16.7. The van der Waals surface area contributed by atoms with E-state index in [1.165, 1.54) is 0 Å². The molecule has 27 heavy (non-hydrogen) atoms. The van der Waals surface area contributed by atoms with Crippen LogP contribution < -0.4 is 5.32 Å². The number of rotatable bonds is 6. The van der Waals surface area contributed by atoms with Gasteiger partial charge in [-0.15, -0.1) is 0 Å². The number of aromatic nitrogens is 1. The minimum Gasteiger partial charge on any atom is -0.348 e. The average Bonchev–Trinajstić information content (AvgIpc) is 2.69. The molecular weight excluding hydrogens is 379 g/mol. The predicted octanol–water partition coefficient (Wildman–Crippen LogP) is 5.53. The Bertz CT molecular complexity index is 880. The molecule has 3 rings (SSSR count). The summed E-state index contributed by atoms with van der Waals surface area (Å²) in [5.41, 5.74) is 2.67. The lowest BCUT2D eigenvalue weighted by Gasteiger charge is -2.26. The molecule has 0 aliphatic heterocycles. The van der Waals surface area contributed by atoms with Crippen molar-refractivity contribution in [3.05, 3.63) is 99.8 Å². The standard InChI is InChI=1S/C22H20Cl2N2O/c1-15(26-22(27)21-4-2-3-13-25-21)20(17-7-11-19(24)12-8-17)14-16-5-9-18(23)10-6-16/h2-13,15,20H,14H2,1H3,(H,26,27)/t15?,20-/m0/s1. The van der Waals surface area contributed by atoms with Gasteiger partial charge in [0.25, 0.3) is 5.91 Å². The van der Waals surface area contributed by atoms with Crippen molar-refractivity contribution >= 4 is 29.1 Å². The second-order valence-corrected chi connectivity index (χ2v) is 7.34. The largest absolute Gasteiger partial charge is 0.348 e. The van der Waals surface area contributed by atoms with E-state index in [-0.39, 0.29) is 17.9 Å². The fourth-order valence-corrected chi connectivity index (χ4v) is 3.30. The Hall–Kier alpha value is -2.36. The van der Waals surface area contributed by atoms with Crippen molar-refractivity contribution in [2.45, 2.75) is 25.3 Å². The molecule has 2 aromatic carbocycles. The van der Waals surface area contributed by atoms with Crippen molar-refractivity contribution in [3.63, 3.8) is 0 Å². The normalized spacial score (nSPS) is 13.0. The van der Waals surface area contributed by atoms with Crippen molar-refractivity contribution in [3.8, 4) is 0 Å². The van der Waals surface area contributed by atoms with E-state index in [0.29, 0.717) is 15.7 Å². The van der Waals surface area contributed by atoms with Crippen LogP contribution in [0.5, 0.6) is 0 Å². The molecule has 1 heterocycles. The molecule has 5 heteroatoms. The highest BCUT2D eigenvalue weighted by molar-refractivity contribution is 6.30. The molecule has 1 unspecified atom stereocenters. The van der Waals surface area contributed by atoms with E-state index in [1.807, 2.05) is 55.5 Å². The van der Waals surface area contributed by atoms with Gasteiger partial charge < -0.3 is 5.32 Å². The number of benzene rings is 2. The van der Waals surface area contributed by atoms with Crippen molar-refractivity contribution in [1.82, 2.24) is 10.3 Å². The van der Waals surface area contributed by atoms with E-state index in [1.54, 1.807) is 24.4 Å². The van der Waals surface area contributed by atoms with Gasteiger partial charge in [0, 0.05) is 28.2 Å². The quantitative estimate of drug-likeness (QED) is 0.592. The Morgan fingerprint density at radius 3 is 2.19 bits per heavy atom. The lowest BCUT2D eigenvalue weighted by Crippen LogP contribution is -2.38. The van der Waals surface area contributed by atoms with Crippen LogP contribution in [0.4, 0.5) is 0 Å². The van der Waals surface area contributed by atoms with Gasteiger partial charge in [-0.2, -0.15) is 0 Å². The van der Waals surface area contributed by atoms with Gasteiger partial charge in [0.05, 0.1) is 0 Å². The van der Waals surface area contributed by atoms with Crippen LogP contribution in [0.15, 0.2) is 72.9 Å². The zero-order valence-corrected chi connectivity index (χ0v) is 16.4. The molecule has 2 atom stereocenters. The van der Waals surface area contributed by atoms with E-state index in [0.717, 1.165) is 17.5 Å². The number of carbonyl (C=O) groups is 1. The first kappa shape index (κ1) is 19.4. The summed E-state index contributed by atoms with van der Waals surface area (Å²) in [5.74, 6) is -0.103. The molecule has 1 amide bonds. The lowest BCUT2D eigenvalue weighted by molar-refractivity contribution is 0.0929. The van der Waals surface area contributed by atoms with Crippen molar-refractivity contribution in [1.29, 1.82) is 0 Å². The number of nitrogens with one attached hydrogen (secondary N) is 1. The molecule has 0 fully saturated rings. The highest BCUT2D eigenvalue weighted by Gasteiger charge is 2.22. The summed E-state index contributed by atoms with van der Waals surface area (Å²) >= 11 is 12.0. The molecule has 0 aliphatic rings. The van der Waals surface area contributed by atoms with Gasteiger partial charge in [-0.25, -0.2) is 0 Å². The predicted molar refractivity (Wildman–Crippen MR) is 111 cm³/mol. The summed E-state index contributed by atoms with van der Waals surface area (Å²) in [6, 6.07) is 20.7. The number of hydrogen-bond acceptors (Lipinski definition) is 2. The Labute approximate surface area is 169 Å². The number of nitrogens with zero attached hydrogens (tertiary/aromatic N) is 1. The first-order valence-electron chi connectivity index (χ1n) is 8.75. The lowest BCUT2D eigenvalue weighted by atomic mass is 9.86. The molecule has 0 saturated carbocycles. The zero-order valence-electron chi connectivity index (χ0n) is 14.9. The van der Waals surface area contributed by atoms with E-state index in [2.05, 4.69) is 10.3 Å². The van der Waals surface area contributed by atoms with Crippen molar-refractivity contribution < 1.29 is 4.79 Å². The smallest absolute Gasteiger partial charge is 0.270 e. The highest BCUT2D eigenvalue weighted by atomic mass is 35.5. The second kappa shape index (κ2) is 9.03. The minimum absolute atomic E-state index is 0.0797. The number of carbonyl (C=O) groups excluding carboxylic acids is 1. The van der Waals surface area contributed by atoms with Gasteiger partial charge in [-0.3, -0.25) is 9.78 Å². The van der Waals surface area contributed by atoms with Crippen LogP contribution in [-0.2, 0) is 6.42 Å². The maximum atomic E-state index is 12.5. The zero-order chi connectivity index (χ0) is 19.2. The summed E-state index contributed by atoms with van der Waals surface area (Å²) in [6.45, 7) is 2.01. The molecule has 0 spiro atoms. The molecule has 138 valence electrons. The fraction of sp³-hybridized carbons (Fsp3) is 0.182. The van der Waals surface area contributed by atoms with E-state index >= 15 is 0 Å². The SMILES string of the molecule is CC(NC(=O)c1ccccn1)[C@H](Cc1ccc(Cl)cc1)c1ccc(Cl)cc1. The Kier molecular flexibility index (Phi) is 6.49. The summed E-state index contributed by atoms with van der Waals surface area (Å²) in [5, 5.41) is 4.48. The Morgan fingerprint density at radius 2 is 1.59 bits per heavy atom. The minimum atomic E-state index is -0.182. The number of amides is 1. The van der Waals surface area contributed by atoms with Crippen molar-refractivity contribution in [2.75, 3.05) is 0 Å². The van der Waals surface area contributed by atoms with Crippen LogP contribution in [0.25, 0.3) is 0 Å². The van der Waals surface area contributed by atoms with E-state index in [9.17, 15) is 4.79 Å². The number of hydrogen-bond donors (Lipinski definition) is 1. The first-order chi connectivity index (χ1) is 13.0. The summed E-state index contributed by atoms with van der Waals surface area (Å²) in [6.07, 6.45) is 2.38. The molecule has 0 radical (unpaired) electrons. The fourth-order valence-electron chi connectivity index (χ4n) is 3.05. The van der Waals surface area contributed by atoms with Gasteiger partial charge in [-0.05, 0) is 60.9 Å². The molecule has 3 aromatic rings. The van der Waals surface area contributed by atoms with Crippen molar-refractivity contribution in [2.24, 2.45) is 0 Å². The Balaban J connectivity index is 1.82. The molecular formula is C22H20Cl2N2O. The van der Waals surface area contributed by atoms with Crippen LogP contribution in [0.2, 0.25) is 10.0 Å². The van der Waals surface area contributed by atoms with Gasteiger partial charge in [0.1, 0.15) is 5.69 Å². The monoisotopic (exact) mass is 398 g/mol. The molecule has 0 bridgehead atoms. The number of pyridine rings is 1. The summed E-state index contributed by atoms with van der Waals surface area (Å²) < 4.78 is 0. The topological polar surface area (TPSA) is 42.0 Å². The Morgan fingerprint density at radius 1 is 0.963 bits per heavy atom. The number of halogens is 2. The molecule has 1 N–H and O–H groups in total. The van der Waals surface area contributed by atoms with Gasteiger partial charge in [-0.1, -0.05) is 53.5 Å². The molecule has 1 aromatic heterocycles. The van der Waals surface area contributed by atoms with Crippen LogP contribution in [0, 0.1) is 0 Å². The molecule has 0 aliphatic carbocycles. The molecule has 3 nitrogen and oxygen atoms in total. The average molecular weight is 399 g/mol. The third kappa shape index (κ3) is 5.31. The maximum Gasteiger partial charge on any atom is 0.270 e.